The van der Waals surface area contributed by atoms with Crippen LogP contribution < -0.4 is 0 Å². The molecule has 24 heavy (non-hydrogen) atoms. The summed E-state index contributed by atoms with van der Waals surface area (Å²) in [6, 6.07) is 15.8. The van der Waals surface area contributed by atoms with Crippen molar-refractivity contribution in [2.75, 3.05) is 13.6 Å². The predicted octanol–water partition coefficient (Wildman–Crippen LogP) is 5.13. The maximum atomic E-state index is 6.11. The number of likely N-dealkylation sites (N-methyl/N-ethyl adjacent to an activating group) is 1. The van der Waals surface area contributed by atoms with Crippen molar-refractivity contribution in [3.05, 3.63) is 69.9 Å². The summed E-state index contributed by atoms with van der Waals surface area (Å²) >= 11 is 6.11. The van der Waals surface area contributed by atoms with E-state index in [1.807, 2.05) is 12.1 Å². The molecule has 0 N–H and O–H groups in total. The Hall–Kier alpha value is -1.77. The zero-order valence-corrected chi connectivity index (χ0v) is 14.8. The van der Waals surface area contributed by atoms with E-state index in [1.54, 1.807) is 11.3 Å². The molecule has 3 heterocycles. The number of halogens is 1. The van der Waals surface area contributed by atoms with Crippen molar-refractivity contribution in [3.8, 4) is 0 Å². The topological polar surface area (TPSA) is 8.17 Å². The van der Waals surface area contributed by atoms with Crippen LogP contribution in [0.4, 0.5) is 0 Å². The second-order valence-corrected chi connectivity index (χ2v) is 7.89. The van der Waals surface area contributed by atoms with E-state index in [-0.39, 0.29) is 0 Å². The van der Waals surface area contributed by atoms with Crippen LogP contribution in [-0.4, -0.2) is 23.1 Å². The van der Waals surface area contributed by atoms with Crippen molar-refractivity contribution in [3.63, 3.8) is 0 Å². The predicted molar refractivity (Wildman–Crippen MR) is 100.0 cm³/mol. The molecule has 2 aliphatic rings. The molecule has 2 aliphatic heterocycles. The van der Waals surface area contributed by atoms with Crippen LogP contribution in [-0.2, 0) is 6.54 Å². The van der Waals surface area contributed by atoms with E-state index >= 15 is 0 Å². The zero-order valence-electron chi connectivity index (χ0n) is 14.1. The van der Waals surface area contributed by atoms with Gasteiger partial charge in [-0.2, -0.15) is 0 Å². The molecule has 0 saturated heterocycles. The van der Waals surface area contributed by atoms with Gasteiger partial charge in [-0.25, -0.2) is 0 Å². The average molecular weight is 337 g/mol. The molecule has 5 rings (SSSR count). The monoisotopic (exact) mass is 336 g/mol. The van der Waals surface area contributed by atoms with Crippen LogP contribution in [0.25, 0.3) is 10.9 Å². The van der Waals surface area contributed by atoms with E-state index in [9.17, 15) is 0 Å². The Kier molecular flexibility index (Phi) is 3.10. The van der Waals surface area contributed by atoms with Gasteiger partial charge in [-0.05, 0) is 55.8 Å². The van der Waals surface area contributed by atoms with Crippen LogP contribution >= 0.6 is 11.6 Å². The summed E-state index contributed by atoms with van der Waals surface area (Å²) < 4.78 is 2.62. The van der Waals surface area contributed by atoms with E-state index < -0.39 is 0 Å². The highest BCUT2D eigenvalue weighted by Gasteiger charge is 2.39. The maximum absolute atomic E-state index is 6.11. The lowest BCUT2D eigenvalue weighted by molar-refractivity contribution is 0.282. The number of benzene rings is 2. The van der Waals surface area contributed by atoms with Gasteiger partial charge in [-0.1, -0.05) is 35.4 Å². The molecule has 2 atom stereocenters. The van der Waals surface area contributed by atoms with Crippen molar-refractivity contribution < 1.29 is 0 Å². The summed E-state index contributed by atoms with van der Waals surface area (Å²) in [7, 11) is 2.25. The molecule has 1 aromatic heterocycles. The number of aromatic nitrogens is 1. The second kappa shape index (κ2) is 5.11. The van der Waals surface area contributed by atoms with Gasteiger partial charge in [0.1, 0.15) is 0 Å². The highest BCUT2D eigenvalue weighted by molar-refractivity contribution is 6.30. The quantitative estimate of drug-likeness (QED) is 0.598. The minimum absolute atomic E-state index is 0.424. The average Bonchev–Trinajstić information content (AvgIpc) is 3.08. The summed E-state index contributed by atoms with van der Waals surface area (Å²) in [6.07, 6.45) is 1.19. The fraction of sp³-hybridized carbons (Fsp3) is 0.333. The van der Waals surface area contributed by atoms with Crippen molar-refractivity contribution in [1.29, 1.82) is 0 Å². The molecule has 2 unspecified atom stereocenters. The van der Waals surface area contributed by atoms with E-state index in [0.29, 0.717) is 12.0 Å². The number of nitrogens with zero attached hydrogens (tertiary/aromatic N) is 2. The highest BCUT2D eigenvalue weighted by atomic mass is 35.5. The molecule has 0 amide bonds. The lowest BCUT2D eigenvalue weighted by atomic mass is 9.91. The highest BCUT2D eigenvalue weighted by Crippen LogP contribution is 2.49. The third-order valence-electron chi connectivity index (χ3n) is 5.73. The normalized spacial score (nSPS) is 23.0. The Morgan fingerprint density at radius 2 is 1.88 bits per heavy atom. The number of rotatable bonds is 1. The minimum atomic E-state index is 0.424. The number of fused-ring (bicyclic) bond motifs is 3. The van der Waals surface area contributed by atoms with Gasteiger partial charge >= 0.3 is 0 Å². The first kappa shape index (κ1) is 14.6. The van der Waals surface area contributed by atoms with Gasteiger partial charge in [-0.15, -0.1) is 0 Å². The molecule has 0 radical (unpaired) electrons. The number of hydrogen-bond acceptors (Lipinski definition) is 1. The van der Waals surface area contributed by atoms with Crippen molar-refractivity contribution in [2.24, 2.45) is 0 Å². The van der Waals surface area contributed by atoms with Crippen LogP contribution in [0.1, 0.15) is 40.8 Å². The van der Waals surface area contributed by atoms with Gasteiger partial charge in [-0.3, -0.25) is 0 Å². The first-order valence-electron chi connectivity index (χ1n) is 8.69. The van der Waals surface area contributed by atoms with Gasteiger partial charge in [0, 0.05) is 40.6 Å². The Labute approximate surface area is 147 Å². The maximum Gasteiger partial charge on any atom is 0.0595 e. The Balaban J connectivity index is 1.77. The van der Waals surface area contributed by atoms with Crippen LogP contribution in [0.15, 0.2) is 42.5 Å². The van der Waals surface area contributed by atoms with Gasteiger partial charge in [0.2, 0.25) is 0 Å². The fourth-order valence-corrected chi connectivity index (χ4v) is 4.91. The zero-order chi connectivity index (χ0) is 16.4. The standard InChI is InChI=1S/C21H21ClN2/c1-13-3-8-19-17(9-13)18-12-23(2)11-15-10-20(24(19)21(15)18)14-4-6-16(22)7-5-14/h3-9,15,20H,10-12H2,1-2H3. The van der Waals surface area contributed by atoms with Crippen molar-refractivity contribution >= 4 is 22.5 Å². The van der Waals surface area contributed by atoms with Crippen LogP contribution in [0.2, 0.25) is 5.02 Å². The summed E-state index contributed by atoms with van der Waals surface area (Å²) in [6.45, 7) is 4.41. The molecular weight excluding hydrogens is 316 g/mol. The fourth-order valence-electron chi connectivity index (χ4n) is 4.79. The largest absolute Gasteiger partial charge is 0.336 e. The smallest absolute Gasteiger partial charge is 0.0595 e. The van der Waals surface area contributed by atoms with Gasteiger partial charge in [0.05, 0.1) is 6.04 Å². The summed E-state index contributed by atoms with van der Waals surface area (Å²) in [5.74, 6) is 0.632. The number of aryl methyl sites for hydroxylation is 1. The molecule has 0 saturated carbocycles. The Bertz CT molecular complexity index is 939. The first-order chi connectivity index (χ1) is 11.6. The molecule has 122 valence electrons. The summed E-state index contributed by atoms with van der Waals surface area (Å²) in [4.78, 5) is 2.48. The molecule has 0 spiro atoms. The SMILES string of the molecule is Cc1ccc2c(c1)c1c3n2C(c2ccc(Cl)cc2)CC3CN(C)C1. The minimum Gasteiger partial charge on any atom is -0.336 e. The van der Waals surface area contributed by atoms with E-state index in [4.69, 9.17) is 11.6 Å². The molecule has 0 fully saturated rings. The van der Waals surface area contributed by atoms with Crippen molar-refractivity contribution in [2.45, 2.75) is 31.8 Å². The molecule has 0 bridgehead atoms. The molecule has 3 aromatic rings. The molecule has 0 aliphatic carbocycles. The summed E-state index contributed by atoms with van der Waals surface area (Å²) in [5, 5.41) is 2.26. The second-order valence-electron chi connectivity index (χ2n) is 7.45. The van der Waals surface area contributed by atoms with Gasteiger partial charge < -0.3 is 9.47 Å². The van der Waals surface area contributed by atoms with Gasteiger partial charge in [0.15, 0.2) is 0 Å². The molecule has 2 nitrogen and oxygen atoms in total. The Morgan fingerprint density at radius 1 is 1.08 bits per heavy atom. The first-order valence-corrected chi connectivity index (χ1v) is 9.07. The third kappa shape index (κ3) is 2.00. The van der Waals surface area contributed by atoms with Crippen molar-refractivity contribution in [1.82, 2.24) is 9.47 Å². The lowest BCUT2D eigenvalue weighted by Crippen LogP contribution is -2.28. The van der Waals surface area contributed by atoms with Crippen LogP contribution in [0.5, 0.6) is 0 Å². The third-order valence-corrected chi connectivity index (χ3v) is 5.98. The Morgan fingerprint density at radius 3 is 2.67 bits per heavy atom. The van der Waals surface area contributed by atoms with Crippen LogP contribution in [0.3, 0.4) is 0 Å². The van der Waals surface area contributed by atoms with E-state index in [0.717, 1.165) is 18.1 Å². The van der Waals surface area contributed by atoms with Gasteiger partial charge in [0.25, 0.3) is 0 Å². The van der Waals surface area contributed by atoms with E-state index in [1.165, 1.54) is 28.5 Å². The van der Waals surface area contributed by atoms with Crippen LogP contribution in [0, 0.1) is 6.92 Å². The van der Waals surface area contributed by atoms with E-state index in [2.05, 4.69) is 53.8 Å². The molecular formula is C21H21ClN2. The summed E-state index contributed by atoms with van der Waals surface area (Å²) in [5.41, 5.74) is 7.23. The molecule has 2 aromatic carbocycles. The molecule has 3 heteroatoms. The lowest BCUT2D eigenvalue weighted by Gasteiger charge is -2.27. The number of hydrogen-bond donors (Lipinski definition) is 0.